The Labute approximate surface area is 180 Å². The average Bonchev–Trinajstić information content (AvgIpc) is 3.07. The Hall–Kier alpha value is -2.87. The summed E-state index contributed by atoms with van der Waals surface area (Å²) in [5, 5.41) is 3.33. The molecule has 0 bridgehead atoms. The normalized spacial score (nSPS) is 12.9. The first-order valence-corrected chi connectivity index (χ1v) is 10.8. The average molecular weight is 431 g/mol. The minimum Gasteiger partial charge on any atom is -0.462 e. The summed E-state index contributed by atoms with van der Waals surface area (Å²) in [7, 11) is 0. The van der Waals surface area contributed by atoms with Gasteiger partial charge < -0.3 is 19.7 Å². The van der Waals surface area contributed by atoms with Gasteiger partial charge >= 0.3 is 12.1 Å². The van der Waals surface area contributed by atoms with Gasteiger partial charge in [-0.25, -0.2) is 9.59 Å². The molecular weight excluding hydrogens is 404 g/mol. The van der Waals surface area contributed by atoms with Crippen molar-refractivity contribution in [1.82, 2.24) is 4.90 Å². The lowest BCUT2D eigenvalue weighted by Gasteiger charge is -2.26. The number of thiophene rings is 1. The number of nitrogens with one attached hydrogen (secondary N) is 1. The van der Waals surface area contributed by atoms with Crippen LogP contribution < -0.4 is 5.32 Å². The lowest BCUT2D eigenvalue weighted by Crippen LogP contribution is -2.36. The number of nitrogens with zero attached hydrogens (tertiary/aromatic N) is 1. The standard InChI is InChI=1S/C22H26N2O5S/c1-5-28-21(26)18-16-9-10-24(22(27)29-6-2)12-17(16)30-20(18)23-19(25)15-8-7-13(3)14(4)11-15/h7-8,11H,5-6,9-10,12H2,1-4H3,(H,23,25). The van der Waals surface area contributed by atoms with E-state index in [1.54, 1.807) is 24.8 Å². The lowest BCUT2D eigenvalue weighted by molar-refractivity contribution is 0.0526. The number of anilines is 1. The summed E-state index contributed by atoms with van der Waals surface area (Å²) in [6.07, 6.45) is 0.119. The molecule has 3 rings (SSSR count). The number of fused-ring (bicyclic) bond motifs is 1. The third kappa shape index (κ3) is 4.48. The quantitative estimate of drug-likeness (QED) is 0.715. The van der Waals surface area contributed by atoms with Crippen LogP contribution in [0.2, 0.25) is 0 Å². The predicted octanol–water partition coefficient (Wildman–Crippen LogP) is 4.31. The Bertz CT molecular complexity index is 982. The first kappa shape index (κ1) is 21.8. The van der Waals surface area contributed by atoms with Crippen molar-refractivity contribution < 1.29 is 23.9 Å². The Kier molecular flexibility index (Phi) is 6.77. The molecule has 1 aromatic heterocycles. The maximum atomic E-state index is 12.8. The van der Waals surface area contributed by atoms with Crippen molar-refractivity contribution in [3.8, 4) is 0 Å². The maximum Gasteiger partial charge on any atom is 0.410 e. The lowest BCUT2D eigenvalue weighted by atomic mass is 10.0. The van der Waals surface area contributed by atoms with Crippen LogP contribution in [0.3, 0.4) is 0 Å². The van der Waals surface area contributed by atoms with Crippen molar-refractivity contribution >= 4 is 34.3 Å². The molecule has 30 heavy (non-hydrogen) atoms. The van der Waals surface area contributed by atoms with Crippen molar-refractivity contribution in [3.63, 3.8) is 0 Å². The van der Waals surface area contributed by atoms with Gasteiger partial charge in [-0.3, -0.25) is 4.79 Å². The molecule has 0 saturated heterocycles. The largest absolute Gasteiger partial charge is 0.462 e. The third-order valence-corrected chi connectivity index (χ3v) is 6.19. The second-order valence-electron chi connectivity index (χ2n) is 7.05. The predicted molar refractivity (Wildman–Crippen MR) is 115 cm³/mol. The minimum atomic E-state index is -0.463. The molecule has 1 aliphatic rings. The van der Waals surface area contributed by atoms with Gasteiger partial charge in [-0.15, -0.1) is 11.3 Å². The van der Waals surface area contributed by atoms with E-state index in [0.29, 0.717) is 42.2 Å². The maximum absolute atomic E-state index is 12.8. The highest BCUT2D eigenvalue weighted by molar-refractivity contribution is 7.17. The fourth-order valence-electron chi connectivity index (χ4n) is 3.34. The molecular formula is C22H26N2O5S. The smallest absolute Gasteiger partial charge is 0.410 e. The van der Waals surface area contributed by atoms with E-state index in [2.05, 4.69) is 5.32 Å². The summed E-state index contributed by atoms with van der Waals surface area (Å²) in [6.45, 7) is 8.76. The molecule has 0 atom stereocenters. The van der Waals surface area contributed by atoms with E-state index in [-0.39, 0.29) is 18.6 Å². The van der Waals surface area contributed by atoms with E-state index in [0.717, 1.165) is 21.6 Å². The van der Waals surface area contributed by atoms with Crippen LogP contribution in [0.1, 0.15) is 56.1 Å². The van der Waals surface area contributed by atoms with Crippen LogP contribution >= 0.6 is 11.3 Å². The van der Waals surface area contributed by atoms with Gasteiger partial charge in [0.15, 0.2) is 0 Å². The number of hydrogen-bond donors (Lipinski definition) is 1. The zero-order valence-electron chi connectivity index (χ0n) is 17.7. The molecule has 0 radical (unpaired) electrons. The number of carbonyl (C=O) groups is 3. The second kappa shape index (κ2) is 9.30. The van der Waals surface area contributed by atoms with Crippen molar-refractivity contribution in [1.29, 1.82) is 0 Å². The summed E-state index contributed by atoms with van der Waals surface area (Å²) < 4.78 is 10.3. The fourth-order valence-corrected chi connectivity index (χ4v) is 4.59. The number of esters is 1. The van der Waals surface area contributed by atoms with Gasteiger partial charge in [0.1, 0.15) is 5.00 Å². The van der Waals surface area contributed by atoms with Crippen LogP contribution in [0.25, 0.3) is 0 Å². The Morgan fingerprint density at radius 1 is 1.10 bits per heavy atom. The third-order valence-electron chi connectivity index (χ3n) is 5.06. The monoisotopic (exact) mass is 430 g/mol. The van der Waals surface area contributed by atoms with Gasteiger partial charge in [0, 0.05) is 17.0 Å². The van der Waals surface area contributed by atoms with Crippen molar-refractivity contribution in [2.45, 2.75) is 40.7 Å². The number of ether oxygens (including phenoxy) is 2. The summed E-state index contributed by atoms with van der Waals surface area (Å²) in [5.74, 6) is -0.750. The van der Waals surface area contributed by atoms with Crippen LogP contribution in [0.4, 0.5) is 9.80 Å². The molecule has 0 fully saturated rings. The van der Waals surface area contributed by atoms with Crippen LogP contribution in [-0.4, -0.2) is 42.6 Å². The molecule has 1 N–H and O–H groups in total. The molecule has 1 aromatic carbocycles. The van der Waals surface area contributed by atoms with E-state index in [9.17, 15) is 14.4 Å². The Balaban J connectivity index is 1.91. The zero-order chi connectivity index (χ0) is 21.8. The summed E-state index contributed by atoms with van der Waals surface area (Å²) in [6, 6.07) is 5.48. The van der Waals surface area contributed by atoms with Gasteiger partial charge in [0.2, 0.25) is 0 Å². The SMILES string of the molecule is CCOC(=O)c1c(NC(=O)c2ccc(C)c(C)c2)sc2c1CCN(C(=O)OCC)C2. The molecule has 7 nitrogen and oxygen atoms in total. The highest BCUT2D eigenvalue weighted by Crippen LogP contribution is 2.38. The molecule has 1 aliphatic heterocycles. The Morgan fingerprint density at radius 2 is 1.83 bits per heavy atom. The molecule has 0 saturated carbocycles. The van der Waals surface area contributed by atoms with Gasteiger partial charge in [0.25, 0.3) is 5.91 Å². The van der Waals surface area contributed by atoms with E-state index >= 15 is 0 Å². The van der Waals surface area contributed by atoms with Crippen LogP contribution in [0.15, 0.2) is 18.2 Å². The first-order chi connectivity index (χ1) is 14.3. The molecule has 160 valence electrons. The van der Waals surface area contributed by atoms with Crippen molar-refractivity contribution in [2.24, 2.45) is 0 Å². The zero-order valence-corrected chi connectivity index (χ0v) is 18.5. The molecule has 2 amide bonds. The fraction of sp³-hybridized carbons (Fsp3) is 0.409. The van der Waals surface area contributed by atoms with Crippen molar-refractivity contribution in [2.75, 3.05) is 25.1 Å². The number of carbonyl (C=O) groups excluding carboxylic acids is 3. The van der Waals surface area contributed by atoms with Gasteiger partial charge in [-0.2, -0.15) is 0 Å². The molecule has 0 aliphatic carbocycles. The molecule has 0 unspecified atom stereocenters. The van der Waals surface area contributed by atoms with E-state index < -0.39 is 5.97 Å². The number of rotatable bonds is 5. The summed E-state index contributed by atoms with van der Waals surface area (Å²) in [5.41, 5.74) is 3.85. The van der Waals surface area contributed by atoms with Crippen LogP contribution in [-0.2, 0) is 22.4 Å². The summed E-state index contributed by atoms with van der Waals surface area (Å²) >= 11 is 1.30. The number of amides is 2. The van der Waals surface area contributed by atoms with Crippen molar-refractivity contribution in [3.05, 3.63) is 50.9 Å². The van der Waals surface area contributed by atoms with E-state index in [4.69, 9.17) is 9.47 Å². The van der Waals surface area contributed by atoms with Gasteiger partial charge in [-0.05, 0) is 62.9 Å². The van der Waals surface area contributed by atoms with E-state index in [1.807, 2.05) is 26.0 Å². The highest BCUT2D eigenvalue weighted by Gasteiger charge is 2.31. The molecule has 2 heterocycles. The Morgan fingerprint density at radius 3 is 2.50 bits per heavy atom. The molecule has 0 spiro atoms. The van der Waals surface area contributed by atoms with Gasteiger partial charge in [0.05, 0.1) is 25.3 Å². The van der Waals surface area contributed by atoms with Gasteiger partial charge in [-0.1, -0.05) is 6.07 Å². The summed E-state index contributed by atoms with van der Waals surface area (Å²) in [4.78, 5) is 40.1. The van der Waals surface area contributed by atoms with E-state index in [1.165, 1.54) is 11.3 Å². The highest BCUT2D eigenvalue weighted by atomic mass is 32.1. The first-order valence-electron chi connectivity index (χ1n) is 9.97. The second-order valence-corrected chi connectivity index (χ2v) is 8.16. The number of hydrogen-bond acceptors (Lipinski definition) is 6. The van der Waals surface area contributed by atoms with Crippen LogP contribution in [0, 0.1) is 13.8 Å². The van der Waals surface area contributed by atoms with Crippen LogP contribution in [0.5, 0.6) is 0 Å². The topological polar surface area (TPSA) is 84.9 Å². The number of benzene rings is 1. The molecule has 8 heteroatoms. The molecule has 2 aromatic rings. The number of aryl methyl sites for hydroxylation is 2. The minimum absolute atomic E-state index is 0.239.